The molecule has 1 aliphatic rings. The van der Waals surface area contributed by atoms with Crippen LogP contribution in [0.4, 0.5) is 5.69 Å². The zero-order valence-corrected chi connectivity index (χ0v) is 10.2. The molecular weight excluding hydrogens is 240 g/mol. The van der Waals surface area contributed by atoms with Gasteiger partial charge in [0.15, 0.2) is 0 Å². The third-order valence-corrected chi connectivity index (χ3v) is 2.76. The Labute approximate surface area is 106 Å². The minimum atomic E-state index is -0.0759. The van der Waals surface area contributed by atoms with Crippen LogP contribution >= 0.6 is 12.4 Å². The number of nitrogen functional groups attached to an aromatic ring is 1. The van der Waals surface area contributed by atoms with Crippen molar-refractivity contribution in [3.05, 3.63) is 29.8 Å². The predicted octanol–water partition coefficient (Wildman–Crippen LogP) is 1.38. The van der Waals surface area contributed by atoms with E-state index >= 15 is 0 Å². The number of carbonyl (C=O) groups is 2. The van der Waals surface area contributed by atoms with Gasteiger partial charge in [-0.25, -0.2) is 0 Å². The van der Waals surface area contributed by atoms with Crippen molar-refractivity contribution in [2.75, 3.05) is 12.3 Å². The van der Waals surface area contributed by atoms with Crippen LogP contribution in [0.1, 0.15) is 18.4 Å². The van der Waals surface area contributed by atoms with E-state index in [1.54, 1.807) is 0 Å². The number of nitrogens with two attached hydrogens (primary N) is 1. The van der Waals surface area contributed by atoms with E-state index in [1.165, 1.54) is 4.90 Å². The van der Waals surface area contributed by atoms with Crippen molar-refractivity contribution in [3.63, 3.8) is 0 Å². The van der Waals surface area contributed by atoms with Gasteiger partial charge in [0.05, 0.1) is 0 Å². The lowest BCUT2D eigenvalue weighted by molar-refractivity contribution is -0.152. The number of carbonyl (C=O) groups excluding carboxylic acids is 2. The van der Waals surface area contributed by atoms with E-state index < -0.39 is 0 Å². The average Bonchev–Trinajstić information content (AvgIpc) is 2.26. The highest BCUT2D eigenvalue weighted by atomic mass is 35.5. The molecule has 0 spiro atoms. The Kier molecular flexibility index (Phi) is 4.52. The lowest BCUT2D eigenvalue weighted by atomic mass is 10.1. The van der Waals surface area contributed by atoms with Crippen LogP contribution in [0, 0.1) is 0 Å². The molecule has 0 bridgehead atoms. The summed E-state index contributed by atoms with van der Waals surface area (Å²) >= 11 is 0. The van der Waals surface area contributed by atoms with Crippen molar-refractivity contribution in [3.8, 4) is 0 Å². The van der Waals surface area contributed by atoms with E-state index in [0.29, 0.717) is 31.5 Å². The fourth-order valence-corrected chi connectivity index (χ4v) is 1.65. The number of hydrogen-bond acceptors (Lipinski definition) is 3. The summed E-state index contributed by atoms with van der Waals surface area (Å²) in [5.41, 5.74) is 7.34. The van der Waals surface area contributed by atoms with Gasteiger partial charge in [-0.2, -0.15) is 0 Å². The van der Waals surface area contributed by atoms with E-state index in [2.05, 4.69) is 0 Å². The number of anilines is 1. The molecular formula is C12H15ClN2O2. The van der Waals surface area contributed by atoms with E-state index in [-0.39, 0.29) is 24.2 Å². The van der Waals surface area contributed by atoms with Crippen LogP contribution in [0.15, 0.2) is 24.3 Å². The normalized spacial score (nSPS) is 13.9. The molecule has 2 N–H and O–H groups in total. The number of halogens is 1. The Bertz CT molecular complexity index is 417. The average molecular weight is 255 g/mol. The van der Waals surface area contributed by atoms with Crippen molar-refractivity contribution in [2.45, 2.75) is 19.3 Å². The van der Waals surface area contributed by atoms with Gasteiger partial charge >= 0.3 is 0 Å². The fraction of sp³-hybridized carbons (Fsp3) is 0.333. The third-order valence-electron chi connectivity index (χ3n) is 2.76. The maximum absolute atomic E-state index is 11.6. The molecule has 1 aliphatic heterocycles. The summed E-state index contributed by atoms with van der Waals surface area (Å²) in [4.78, 5) is 23.9. The zero-order chi connectivity index (χ0) is 11.5. The monoisotopic (exact) mass is 254 g/mol. The summed E-state index contributed by atoms with van der Waals surface area (Å²) in [6.07, 6.45) is 1.55. The largest absolute Gasteiger partial charge is 0.399 e. The number of β-lactam (4-membered cyclic amide) rings is 1. The summed E-state index contributed by atoms with van der Waals surface area (Å²) < 4.78 is 0. The summed E-state index contributed by atoms with van der Waals surface area (Å²) in [7, 11) is 0. The van der Waals surface area contributed by atoms with Gasteiger partial charge in [0.25, 0.3) is 0 Å². The van der Waals surface area contributed by atoms with E-state index in [1.807, 2.05) is 24.3 Å². The minimum absolute atomic E-state index is 0. The van der Waals surface area contributed by atoms with Crippen LogP contribution in [0.25, 0.3) is 0 Å². The van der Waals surface area contributed by atoms with Crippen LogP contribution in [0.5, 0.6) is 0 Å². The molecule has 0 aliphatic carbocycles. The van der Waals surface area contributed by atoms with Crippen molar-refractivity contribution < 1.29 is 9.59 Å². The van der Waals surface area contributed by atoms with Gasteiger partial charge in [0.2, 0.25) is 11.8 Å². The zero-order valence-electron chi connectivity index (χ0n) is 9.39. The van der Waals surface area contributed by atoms with Crippen molar-refractivity contribution >= 4 is 29.9 Å². The van der Waals surface area contributed by atoms with E-state index in [4.69, 9.17) is 5.73 Å². The number of hydrogen-bond donors (Lipinski definition) is 1. The highest BCUT2D eigenvalue weighted by Gasteiger charge is 2.29. The first-order chi connectivity index (χ1) is 7.66. The van der Waals surface area contributed by atoms with Crippen LogP contribution in [0.2, 0.25) is 0 Å². The van der Waals surface area contributed by atoms with E-state index in [0.717, 1.165) is 5.56 Å². The topological polar surface area (TPSA) is 63.4 Å². The van der Waals surface area contributed by atoms with Crippen LogP contribution in [-0.4, -0.2) is 23.3 Å². The second-order valence-corrected chi connectivity index (χ2v) is 3.93. The number of likely N-dealkylation sites (tertiary alicyclic amines) is 1. The lowest BCUT2D eigenvalue weighted by Crippen LogP contribution is -2.47. The summed E-state index contributed by atoms with van der Waals surface area (Å²) in [6.45, 7) is 0.583. The number of rotatable bonds is 3. The highest BCUT2D eigenvalue weighted by molar-refractivity contribution is 5.99. The standard InChI is InChI=1S/C12H14N2O2.ClH/c13-10-4-1-9(2-5-10)3-6-11(15)14-8-7-12(14)16;/h1-2,4-5H,3,6-8,13H2;1H. The Morgan fingerprint density at radius 1 is 1.29 bits per heavy atom. The molecule has 92 valence electrons. The minimum Gasteiger partial charge on any atom is -0.399 e. The lowest BCUT2D eigenvalue weighted by Gasteiger charge is -2.28. The molecule has 0 saturated carbocycles. The smallest absolute Gasteiger partial charge is 0.230 e. The van der Waals surface area contributed by atoms with Gasteiger partial charge < -0.3 is 5.73 Å². The number of amides is 2. The SMILES string of the molecule is Cl.Nc1ccc(CCC(=O)N2CCC2=O)cc1. The molecule has 0 unspecified atom stereocenters. The number of imide groups is 1. The van der Waals surface area contributed by atoms with Crippen molar-refractivity contribution in [2.24, 2.45) is 0 Å². The molecule has 0 radical (unpaired) electrons. The van der Waals surface area contributed by atoms with Crippen molar-refractivity contribution in [1.29, 1.82) is 0 Å². The molecule has 4 nitrogen and oxygen atoms in total. The summed E-state index contributed by atoms with van der Waals surface area (Å²) in [5, 5.41) is 0. The summed E-state index contributed by atoms with van der Waals surface area (Å²) in [5.74, 6) is -0.129. The van der Waals surface area contributed by atoms with Gasteiger partial charge in [0, 0.05) is 25.1 Å². The molecule has 2 rings (SSSR count). The molecule has 1 aromatic carbocycles. The van der Waals surface area contributed by atoms with Gasteiger partial charge in [-0.05, 0) is 24.1 Å². The molecule has 1 aromatic rings. The van der Waals surface area contributed by atoms with Gasteiger partial charge in [-0.15, -0.1) is 12.4 Å². The molecule has 0 atom stereocenters. The fourth-order valence-electron chi connectivity index (χ4n) is 1.65. The van der Waals surface area contributed by atoms with Gasteiger partial charge in [-0.3, -0.25) is 14.5 Å². The van der Waals surface area contributed by atoms with Crippen LogP contribution in [-0.2, 0) is 16.0 Å². The number of aryl methyl sites for hydroxylation is 1. The second kappa shape index (κ2) is 5.68. The maximum atomic E-state index is 11.6. The highest BCUT2D eigenvalue weighted by Crippen LogP contribution is 2.13. The molecule has 17 heavy (non-hydrogen) atoms. The molecule has 1 fully saturated rings. The first-order valence-corrected chi connectivity index (χ1v) is 5.34. The van der Waals surface area contributed by atoms with Gasteiger partial charge in [0.1, 0.15) is 0 Å². The molecule has 1 saturated heterocycles. The predicted molar refractivity (Wildman–Crippen MR) is 67.8 cm³/mol. The number of benzene rings is 1. The first kappa shape index (κ1) is 13.5. The van der Waals surface area contributed by atoms with Gasteiger partial charge in [-0.1, -0.05) is 12.1 Å². The summed E-state index contributed by atoms with van der Waals surface area (Å²) in [6, 6.07) is 7.43. The molecule has 2 amide bonds. The maximum Gasteiger partial charge on any atom is 0.230 e. The molecule has 5 heteroatoms. The van der Waals surface area contributed by atoms with E-state index in [9.17, 15) is 9.59 Å². The Hall–Kier alpha value is -1.55. The first-order valence-electron chi connectivity index (χ1n) is 5.34. The molecule has 1 heterocycles. The Morgan fingerprint density at radius 3 is 2.41 bits per heavy atom. The number of nitrogens with zero attached hydrogens (tertiary/aromatic N) is 1. The Balaban J connectivity index is 0.00000144. The van der Waals surface area contributed by atoms with Crippen LogP contribution in [0.3, 0.4) is 0 Å². The third kappa shape index (κ3) is 3.20. The quantitative estimate of drug-likeness (QED) is 0.655. The molecule has 0 aromatic heterocycles. The second-order valence-electron chi connectivity index (χ2n) is 3.93. The van der Waals surface area contributed by atoms with Crippen LogP contribution < -0.4 is 5.73 Å². The Morgan fingerprint density at radius 2 is 1.94 bits per heavy atom. The van der Waals surface area contributed by atoms with Crippen molar-refractivity contribution in [1.82, 2.24) is 4.90 Å².